The molecule has 1 aromatic carbocycles. The summed E-state index contributed by atoms with van der Waals surface area (Å²) in [6, 6.07) is 9.86. The fourth-order valence-corrected chi connectivity index (χ4v) is 1.24. The van der Waals surface area contributed by atoms with Crippen molar-refractivity contribution in [1.29, 1.82) is 0 Å². The quantitative estimate of drug-likeness (QED) is 0.723. The highest BCUT2D eigenvalue weighted by molar-refractivity contribution is 5.96. The van der Waals surface area contributed by atoms with Gasteiger partial charge in [0.05, 0.1) is 0 Å². The maximum absolute atomic E-state index is 11.6. The van der Waals surface area contributed by atoms with E-state index in [2.05, 4.69) is 19.2 Å². The van der Waals surface area contributed by atoms with Gasteiger partial charge >= 0.3 is 0 Å². The lowest BCUT2D eigenvalue weighted by atomic mass is 10.1. The van der Waals surface area contributed by atoms with Gasteiger partial charge in [0, 0.05) is 24.6 Å². The third kappa shape index (κ3) is 3.71. The molecular formula is C12H17NO. The predicted molar refractivity (Wildman–Crippen MR) is 58.5 cm³/mol. The van der Waals surface area contributed by atoms with Crippen molar-refractivity contribution in [3.63, 3.8) is 0 Å². The predicted octanol–water partition coefficient (Wildman–Crippen LogP) is 2.26. The summed E-state index contributed by atoms with van der Waals surface area (Å²) in [6.45, 7) is 4.91. The molecule has 0 saturated carbocycles. The van der Waals surface area contributed by atoms with E-state index in [4.69, 9.17) is 0 Å². The first-order valence-corrected chi connectivity index (χ1v) is 5.02. The smallest absolute Gasteiger partial charge is 0.164 e. The van der Waals surface area contributed by atoms with Crippen LogP contribution in [0.1, 0.15) is 30.6 Å². The summed E-state index contributed by atoms with van der Waals surface area (Å²) in [5.74, 6) is 0.207. The Balaban J connectivity index is 2.36. The van der Waals surface area contributed by atoms with Gasteiger partial charge in [0.25, 0.3) is 0 Å². The first kappa shape index (κ1) is 10.9. The summed E-state index contributed by atoms with van der Waals surface area (Å²) in [7, 11) is 0. The van der Waals surface area contributed by atoms with Crippen molar-refractivity contribution in [2.75, 3.05) is 6.54 Å². The van der Waals surface area contributed by atoms with Gasteiger partial charge in [-0.1, -0.05) is 44.2 Å². The van der Waals surface area contributed by atoms with Crippen molar-refractivity contribution in [3.8, 4) is 0 Å². The molecule has 0 bridgehead atoms. The van der Waals surface area contributed by atoms with Crippen molar-refractivity contribution in [2.45, 2.75) is 26.3 Å². The molecule has 0 amide bonds. The molecule has 0 aliphatic rings. The van der Waals surface area contributed by atoms with Gasteiger partial charge in [0.15, 0.2) is 5.78 Å². The van der Waals surface area contributed by atoms with E-state index in [-0.39, 0.29) is 5.78 Å². The van der Waals surface area contributed by atoms with Crippen LogP contribution in [0.2, 0.25) is 0 Å². The largest absolute Gasteiger partial charge is 0.314 e. The van der Waals surface area contributed by atoms with Gasteiger partial charge < -0.3 is 5.32 Å². The van der Waals surface area contributed by atoms with Gasteiger partial charge in [-0.05, 0) is 0 Å². The van der Waals surface area contributed by atoms with Crippen LogP contribution in [-0.4, -0.2) is 18.4 Å². The summed E-state index contributed by atoms with van der Waals surface area (Å²) < 4.78 is 0. The number of carbonyl (C=O) groups excluding carboxylic acids is 1. The number of hydrogen-bond acceptors (Lipinski definition) is 2. The Morgan fingerprint density at radius 2 is 1.93 bits per heavy atom. The van der Waals surface area contributed by atoms with Crippen LogP contribution in [-0.2, 0) is 0 Å². The third-order valence-corrected chi connectivity index (χ3v) is 2.00. The molecule has 0 spiro atoms. The normalized spacial score (nSPS) is 10.5. The number of rotatable bonds is 5. The van der Waals surface area contributed by atoms with Crippen LogP contribution in [0.3, 0.4) is 0 Å². The average molecular weight is 191 g/mol. The monoisotopic (exact) mass is 191 g/mol. The Morgan fingerprint density at radius 1 is 1.29 bits per heavy atom. The summed E-state index contributed by atoms with van der Waals surface area (Å²) in [4.78, 5) is 11.6. The molecule has 0 heterocycles. The van der Waals surface area contributed by atoms with E-state index < -0.39 is 0 Å². The Morgan fingerprint density at radius 3 is 2.50 bits per heavy atom. The van der Waals surface area contributed by atoms with Crippen LogP contribution in [0.25, 0.3) is 0 Å². The minimum atomic E-state index is 0.207. The summed E-state index contributed by atoms with van der Waals surface area (Å²) in [5.41, 5.74) is 0.804. The molecule has 1 N–H and O–H groups in total. The highest BCUT2D eigenvalue weighted by Crippen LogP contribution is 2.02. The van der Waals surface area contributed by atoms with Crippen LogP contribution >= 0.6 is 0 Å². The van der Waals surface area contributed by atoms with Gasteiger partial charge in [-0.3, -0.25) is 4.79 Å². The lowest BCUT2D eigenvalue weighted by molar-refractivity contribution is 0.0982. The zero-order chi connectivity index (χ0) is 10.4. The van der Waals surface area contributed by atoms with Crippen molar-refractivity contribution in [3.05, 3.63) is 35.9 Å². The highest BCUT2D eigenvalue weighted by atomic mass is 16.1. The third-order valence-electron chi connectivity index (χ3n) is 2.00. The fraction of sp³-hybridized carbons (Fsp3) is 0.417. The molecular weight excluding hydrogens is 174 g/mol. The van der Waals surface area contributed by atoms with Crippen molar-refractivity contribution in [1.82, 2.24) is 5.32 Å². The molecule has 0 fully saturated rings. The van der Waals surface area contributed by atoms with Crippen LogP contribution in [0, 0.1) is 0 Å². The van der Waals surface area contributed by atoms with Crippen LogP contribution in [0.5, 0.6) is 0 Å². The molecule has 0 saturated heterocycles. The number of hydrogen-bond donors (Lipinski definition) is 1. The summed E-state index contributed by atoms with van der Waals surface area (Å²) >= 11 is 0. The Labute approximate surface area is 85.3 Å². The lowest BCUT2D eigenvalue weighted by Crippen LogP contribution is -2.25. The van der Waals surface area contributed by atoms with Crippen molar-refractivity contribution in [2.24, 2.45) is 0 Å². The second-order valence-corrected chi connectivity index (χ2v) is 3.65. The zero-order valence-electron chi connectivity index (χ0n) is 8.79. The molecule has 0 unspecified atom stereocenters. The number of ketones is 1. The van der Waals surface area contributed by atoms with Gasteiger partial charge in [-0.2, -0.15) is 0 Å². The topological polar surface area (TPSA) is 29.1 Å². The number of carbonyl (C=O) groups is 1. The maximum Gasteiger partial charge on any atom is 0.164 e. The SMILES string of the molecule is CC(C)NCCC(=O)c1ccccc1. The minimum absolute atomic E-state index is 0.207. The number of benzene rings is 1. The Hall–Kier alpha value is -1.15. The molecule has 0 aliphatic carbocycles. The summed E-state index contributed by atoms with van der Waals surface area (Å²) in [5, 5.41) is 3.23. The van der Waals surface area contributed by atoms with E-state index in [1.54, 1.807) is 0 Å². The molecule has 76 valence electrons. The van der Waals surface area contributed by atoms with E-state index in [9.17, 15) is 4.79 Å². The lowest BCUT2D eigenvalue weighted by Gasteiger charge is -2.06. The summed E-state index contributed by atoms with van der Waals surface area (Å²) in [6.07, 6.45) is 0.572. The first-order chi connectivity index (χ1) is 6.70. The zero-order valence-corrected chi connectivity index (χ0v) is 8.79. The molecule has 0 atom stereocenters. The fourth-order valence-electron chi connectivity index (χ4n) is 1.24. The average Bonchev–Trinajstić information content (AvgIpc) is 2.18. The van der Waals surface area contributed by atoms with E-state index in [1.807, 2.05) is 30.3 Å². The van der Waals surface area contributed by atoms with Gasteiger partial charge in [0.2, 0.25) is 0 Å². The first-order valence-electron chi connectivity index (χ1n) is 5.02. The van der Waals surface area contributed by atoms with Crippen molar-refractivity contribution >= 4 is 5.78 Å². The van der Waals surface area contributed by atoms with E-state index in [0.717, 1.165) is 12.1 Å². The molecule has 1 rings (SSSR count). The molecule has 0 aliphatic heterocycles. The van der Waals surface area contributed by atoms with E-state index >= 15 is 0 Å². The maximum atomic E-state index is 11.6. The molecule has 2 nitrogen and oxygen atoms in total. The molecule has 0 aromatic heterocycles. The van der Waals surface area contributed by atoms with Gasteiger partial charge in [-0.25, -0.2) is 0 Å². The second kappa shape index (κ2) is 5.55. The standard InChI is InChI=1S/C12H17NO/c1-10(2)13-9-8-12(14)11-6-4-3-5-7-11/h3-7,10,13H,8-9H2,1-2H3. The Bertz CT molecular complexity index is 280. The molecule has 0 radical (unpaired) electrons. The van der Waals surface area contributed by atoms with E-state index in [1.165, 1.54) is 0 Å². The Kier molecular flexibility index (Phi) is 4.33. The number of nitrogens with one attached hydrogen (secondary N) is 1. The molecule has 1 aromatic rings. The minimum Gasteiger partial charge on any atom is -0.314 e. The van der Waals surface area contributed by atoms with Crippen LogP contribution in [0.15, 0.2) is 30.3 Å². The number of Topliss-reactive ketones (excluding diaryl/α,β-unsaturated/α-hetero) is 1. The van der Waals surface area contributed by atoms with Crippen LogP contribution in [0.4, 0.5) is 0 Å². The molecule has 14 heavy (non-hydrogen) atoms. The molecule has 2 heteroatoms. The second-order valence-electron chi connectivity index (χ2n) is 3.65. The van der Waals surface area contributed by atoms with Gasteiger partial charge in [0.1, 0.15) is 0 Å². The van der Waals surface area contributed by atoms with E-state index in [0.29, 0.717) is 12.5 Å². The van der Waals surface area contributed by atoms with Gasteiger partial charge in [-0.15, -0.1) is 0 Å². The van der Waals surface area contributed by atoms with Crippen LogP contribution < -0.4 is 5.32 Å². The van der Waals surface area contributed by atoms with Crippen molar-refractivity contribution < 1.29 is 4.79 Å². The highest BCUT2D eigenvalue weighted by Gasteiger charge is 2.03.